The fourth-order valence-electron chi connectivity index (χ4n) is 3.87. The van der Waals surface area contributed by atoms with E-state index in [2.05, 4.69) is 50.9 Å². The van der Waals surface area contributed by atoms with Crippen molar-refractivity contribution in [2.24, 2.45) is 11.7 Å². The minimum absolute atomic E-state index is 0.353. The molecule has 2 rings (SSSR count). The van der Waals surface area contributed by atoms with Crippen molar-refractivity contribution in [3.05, 3.63) is 34.9 Å². The number of hydrogen-bond acceptors (Lipinski definition) is 2. The molecule has 3 atom stereocenters. The summed E-state index contributed by atoms with van der Waals surface area (Å²) in [6, 6.07) is 7.60. The minimum Gasteiger partial charge on any atom is -0.329 e. The third-order valence-electron chi connectivity index (χ3n) is 5.07. The van der Waals surface area contributed by atoms with Crippen LogP contribution in [-0.2, 0) is 0 Å². The number of likely N-dealkylation sites (N-methyl/N-ethyl adjacent to an activating group) is 1. The quantitative estimate of drug-likeness (QED) is 0.904. The molecule has 112 valence electrons. The van der Waals surface area contributed by atoms with E-state index >= 15 is 0 Å². The molecule has 2 N–H and O–H groups in total. The lowest BCUT2D eigenvalue weighted by Gasteiger charge is -2.39. The molecular formula is C18H30N2. The minimum atomic E-state index is 0.353. The van der Waals surface area contributed by atoms with Gasteiger partial charge in [-0.15, -0.1) is 0 Å². The molecule has 0 aromatic heterocycles. The first-order valence-corrected chi connectivity index (χ1v) is 8.02. The van der Waals surface area contributed by atoms with Crippen LogP contribution in [0.25, 0.3) is 0 Å². The topological polar surface area (TPSA) is 29.3 Å². The van der Waals surface area contributed by atoms with Crippen LogP contribution in [-0.4, -0.2) is 24.5 Å². The van der Waals surface area contributed by atoms with Crippen LogP contribution in [0.4, 0.5) is 0 Å². The van der Waals surface area contributed by atoms with Gasteiger partial charge in [0.05, 0.1) is 0 Å². The number of benzene rings is 1. The zero-order valence-electron chi connectivity index (χ0n) is 13.5. The van der Waals surface area contributed by atoms with Gasteiger partial charge < -0.3 is 5.73 Å². The Bertz CT molecular complexity index is 421. The third kappa shape index (κ3) is 3.24. The van der Waals surface area contributed by atoms with Crippen molar-refractivity contribution in [3.8, 4) is 0 Å². The molecule has 1 saturated carbocycles. The van der Waals surface area contributed by atoms with Gasteiger partial charge in [0, 0.05) is 18.6 Å². The van der Waals surface area contributed by atoms with E-state index in [0.717, 1.165) is 5.92 Å². The lowest BCUT2D eigenvalue weighted by molar-refractivity contribution is 0.120. The Morgan fingerprint density at radius 1 is 1.25 bits per heavy atom. The second-order valence-corrected chi connectivity index (χ2v) is 6.65. The number of nitrogens with zero attached hydrogens (tertiary/aromatic N) is 1. The third-order valence-corrected chi connectivity index (χ3v) is 5.07. The Kier molecular flexibility index (Phi) is 5.22. The summed E-state index contributed by atoms with van der Waals surface area (Å²) in [4.78, 5) is 2.55. The highest BCUT2D eigenvalue weighted by atomic mass is 15.2. The van der Waals surface area contributed by atoms with Crippen molar-refractivity contribution in [1.82, 2.24) is 4.90 Å². The Hall–Kier alpha value is -0.860. The maximum Gasteiger partial charge on any atom is 0.0475 e. The molecule has 0 bridgehead atoms. The van der Waals surface area contributed by atoms with Crippen molar-refractivity contribution in [3.63, 3.8) is 0 Å². The van der Waals surface area contributed by atoms with Crippen molar-refractivity contribution in [2.75, 3.05) is 13.6 Å². The summed E-state index contributed by atoms with van der Waals surface area (Å²) in [5.74, 6) is 0.854. The van der Waals surface area contributed by atoms with Gasteiger partial charge >= 0.3 is 0 Å². The molecule has 1 aliphatic rings. The van der Waals surface area contributed by atoms with E-state index in [4.69, 9.17) is 5.73 Å². The van der Waals surface area contributed by atoms with E-state index in [1.165, 1.54) is 42.4 Å². The van der Waals surface area contributed by atoms with Gasteiger partial charge in [-0.3, -0.25) is 4.90 Å². The van der Waals surface area contributed by atoms with Crippen LogP contribution in [0, 0.1) is 19.8 Å². The Labute approximate surface area is 124 Å². The maximum absolute atomic E-state index is 6.14. The molecule has 0 amide bonds. The Morgan fingerprint density at radius 3 is 2.45 bits per heavy atom. The molecule has 0 spiro atoms. The van der Waals surface area contributed by atoms with Gasteiger partial charge in [-0.2, -0.15) is 0 Å². The molecule has 1 aromatic rings. The summed E-state index contributed by atoms with van der Waals surface area (Å²) in [7, 11) is 2.27. The standard InChI is InChI=1S/C18H30N2/c1-13-7-5-10-16(11-13)20(4)17(12-19)18-14(2)8-6-9-15(18)3/h6,8-9,13,16-17H,5,7,10-12,19H2,1-4H3. The van der Waals surface area contributed by atoms with Gasteiger partial charge in [0.25, 0.3) is 0 Å². The van der Waals surface area contributed by atoms with Crippen molar-refractivity contribution in [1.29, 1.82) is 0 Å². The van der Waals surface area contributed by atoms with Gasteiger partial charge in [0.2, 0.25) is 0 Å². The highest BCUT2D eigenvalue weighted by molar-refractivity contribution is 5.36. The van der Waals surface area contributed by atoms with Crippen LogP contribution >= 0.6 is 0 Å². The van der Waals surface area contributed by atoms with Gasteiger partial charge in [0.15, 0.2) is 0 Å². The molecule has 3 unspecified atom stereocenters. The predicted octanol–water partition coefficient (Wildman–Crippen LogP) is 3.81. The number of nitrogens with two attached hydrogens (primary N) is 1. The van der Waals surface area contributed by atoms with Crippen molar-refractivity contribution < 1.29 is 0 Å². The normalized spacial score (nSPS) is 24.9. The fourth-order valence-corrected chi connectivity index (χ4v) is 3.87. The molecule has 1 fully saturated rings. The first kappa shape index (κ1) is 15.5. The summed E-state index contributed by atoms with van der Waals surface area (Å²) < 4.78 is 0. The molecule has 0 saturated heterocycles. The first-order chi connectivity index (χ1) is 9.54. The Balaban J connectivity index is 2.23. The SMILES string of the molecule is Cc1cccc(C)c1C(CN)N(C)C1CCCC(C)C1. The van der Waals surface area contributed by atoms with E-state index in [1.807, 2.05) is 0 Å². The number of aryl methyl sites for hydroxylation is 2. The average Bonchev–Trinajstić information content (AvgIpc) is 2.42. The summed E-state index contributed by atoms with van der Waals surface area (Å²) >= 11 is 0. The van der Waals surface area contributed by atoms with Gasteiger partial charge in [0.1, 0.15) is 0 Å². The fraction of sp³-hybridized carbons (Fsp3) is 0.667. The molecule has 2 heteroatoms. The highest BCUT2D eigenvalue weighted by Gasteiger charge is 2.28. The lowest BCUT2D eigenvalue weighted by atomic mass is 9.84. The summed E-state index contributed by atoms with van der Waals surface area (Å²) in [6.45, 7) is 7.51. The molecule has 0 heterocycles. The second-order valence-electron chi connectivity index (χ2n) is 6.65. The van der Waals surface area contributed by atoms with E-state index in [1.54, 1.807) is 0 Å². The molecule has 20 heavy (non-hydrogen) atoms. The van der Waals surface area contributed by atoms with E-state index in [0.29, 0.717) is 18.6 Å². The zero-order valence-corrected chi connectivity index (χ0v) is 13.5. The lowest BCUT2D eigenvalue weighted by Crippen LogP contribution is -2.41. The van der Waals surface area contributed by atoms with Gasteiger partial charge in [-0.25, -0.2) is 0 Å². The molecule has 1 aliphatic carbocycles. The first-order valence-electron chi connectivity index (χ1n) is 8.02. The molecule has 0 aliphatic heterocycles. The number of rotatable bonds is 4. The van der Waals surface area contributed by atoms with Crippen LogP contribution in [0.1, 0.15) is 55.3 Å². The van der Waals surface area contributed by atoms with Crippen molar-refractivity contribution >= 4 is 0 Å². The van der Waals surface area contributed by atoms with Crippen LogP contribution in [0.5, 0.6) is 0 Å². The highest BCUT2D eigenvalue weighted by Crippen LogP contribution is 2.33. The molecule has 2 nitrogen and oxygen atoms in total. The summed E-state index contributed by atoms with van der Waals surface area (Å²) in [6.07, 6.45) is 5.39. The predicted molar refractivity (Wildman–Crippen MR) is 86.9 cm³/mol. The average molecular weight is 274 g/mol. The molecule has 1 aromatic carbocycles. The zero-order chi connectivity index (χ0) is 14.7. The maximum atomic E-state index is 6.14. The monoisotopic (exact) mass is 274 g/mol. The van der Waals surface area contributed by atoms with Crippen LogP contribution in [0.15, 0.2) is 18.2 Å². The van der Waals surface area contributed by atoms with E-state index < -0.39 is 0 Å². The van der Waals surface area contributed by atoms with Crippen molar-refractivity contribution in [2.45, 2.75) is 58.5 Å². The largest absolute Gasteiger partial charge is 0.329 e. The molecule has 0 radical (unpaired) electrons. The van der Waals surface area contributed by atoms with Gasteiger partial charge in [-0.05, 0) is 56.3 Å². The van der Waals surface area contributed by atoms with Gasteiger partial charge in [-0.1, -0.05) is 38.0 Å². The second kappa shape index (κ2) is 6.73. The van der Waals surface area contributed by atoms with Crippen LogP contribution in [0.3, 0.4) is 0 Å². The number of hydrogen-bond donors (Lipinski definition) is 1. The van der Waals surface area contributed by atoms with E-state index in [9.17, 15) is 0 Å². The Morgan fingerprint density at radius 2 is 1.90 bits per heavy atom. The van der Waals surface area contributed by atoms with Crippen LogP contribution in [0.2, 0.25) is 0 Å². The molecular weight excluding hydrogens is 244 g/mol. The summed E-state index contributed by atoms with van der Waals surface area (Å²) in [5.41, 5.74) is 10.3. The summed E-state index contributed by atoms with van der Waals surface area (Å²) in [5, 5.41) is 0. The smallest absolute Gasteiger partial charge is 0.0475 e. The van der Waals surface area contributed by atoms with E-state index in [-0.39, 0.29) is 0 Å². The van der Waals surface area contributed by atoms with Crippen LogP contribution < -0.4 is 5.73 Å².